The van der Waals surface area contributed by atoms with Gasteiger partial charge in [-0.05, 0) is 6.42 Å². The highest BCUT2D eigenvalue weighted by Gasteiger charge is 2.09. The first-order chi connectivity index (χ1) is 8.13. The van der Waals surface area contributed by atoms with E-state index in [-0.39, 0.29) is 17.4 Å². The van der Waals surface area contributed by atoms with E-state index in [1.54, 1.807) is 0 Å². The van der Waals surface area contributed by atoms with Crippen molar-refractivity contribution in [1.29, 1.82) is 0 Å². The van der Waals surface area contributed by atoms with Crippen molar-refractivity contribution in [2.24, 2.45) is 0 Å². The summed E-state index contributed by atoms with van der Waals surface area (Å²) in [5.41, 5.74) is -0.287. The molecule has 0 aliphatic heterocycles. The van der Waals surface area contributed by atoms with Crippen LogP contribution >= 0.6 is 0 Å². The monoisotopic (exact) mass is 238 g/mol. The lowest BCUT2D eigenvalue weighted by Crippen LogP contribution is -2.11. The Kier molecular flexibility index (Phi) is 5.73. The molecule has 0 saturated heterocycles. The molecule has 0 bridgehead atoms. The minimum atomic E-state index is -0.287. The average molecular weight is 238 g/mol. The Morgan fingerprint density at radius 3 is 2.71 bits per heavy atom. The highest BCUT2D eigenvalue weighted by atomic mass is 16.3. The van der Waals surface area contributed by atoms with E-state index in [2.05, 4.69) is 16.9 Å². The van der Waals surface area contributed by atoms with E-state index in [0.717, 1.165) is 18.9 Å². The highest BCUT2D eigenvalue weighted by Crippen LogP contribution is 2.19. The van der Waals surface area contributed by atoms with Gasteiger partial charge in [-0.1, -0.05) is 46.0 Å². The van der Waals surface area contributed by atoms with Gasteiger partial charge in [0.1, 0.15) is 5.82 Å². The number of nitrogens with zero attached hydrogens (tertiary/aromatic N) is 1. The van der Waals surface area contributed by atoms with Gasteiger partial charge in [0.05, 0.1) is 6.07 Å². The van der Waals surface area contributed by atoms with Crippen LogP contribution in [0.1, 0.15) is 64.1 Å². The van der Waals surface area contributed by atoms with Gasteiger partial charge in [0.25, 0.3) is 5.56 Å². The van der Waals surface area contributed by atoms with Crippen molar-refractivity contribution >= 4 is 0 Å². The van der Waals surface area contributed by atoms with E-state index >= 15 is 0 Å². The number of hydrogen-bond acceptors (Lipinski definition) is 3. The fraction of sp³-hybridized carbons (Fsp3) is 0.692. The summed E-state index contributed by atoms with van der Waals surface area (Å²) in [5.74, 6) is 0.587. The Bertz CT molecular complexity index is 387. The molecule has 17 heavy (non-hydrogen) atoms. The molecule has 0 radical (unpaired) electrons. The van der Waals surface area contributed by atoms with Crippen LogP contribution in [0.3, 0.4) is 0 Å². The lowest BCUT2D eigenvalue weighted by atomic mass is 10.0. The molecule has 1 unspecified atom stereocenters. The van der Waals surface area contributed by atoms with Gasteiger partial charge in [0, 0.05) is 5.92 Å². The standard InChI is InChI=1S/C13H22N2O2/c1-3-4-5-6-7-8-10(2)13-14-11(16)9-12(17)15-13/h9-10H,3-8H2,1-2H3,(H2,14,15,16,17). The Balaban J connectivity index is 2.41. The Morgan fingerprint density at radius 1 is 1.35 bits per heavy atom. The maximum atomic E-state index is 11.2. The van der Waals surface area contributed by atoms with Gasteiger partial charge in [-0.2, -0.15) is 0 Å². The smallest absolute Gasteiger partial charge is 0.254 e. The topological polar surface area (TPSA) is 66.0 Å². The number of H-pyrrole nitrogens is 1. The van der Waals surface area contributed by atoms with Crippen molar-refractivity contribution in [3.63, 3.8) is 0 Å². The predicted molar refractivity (Wildman–Crippen MR) is 68.3 cm³/mol. The summed E-state index contributed by atoms with van der Waals surface area (Å²) in [6, 6.07) is 1.09. The zero-order valence-electron chi connectivity index (χ0n) is 10.7. The molecule has 1 aromatic heterocycles. The van der Waals surface area contributed by atoms with Crippen LogP contribution in [0.2, 0.25) is 0 Å². The van der Waals surface area contributed by atoms with Crippen molar-refractivity contribution in [2.45, 2.75) is 58.3 Å². The van der Waals surface area contributed by atoms with E-state index in [4.69, 9.17) is 0 Å². The molecule has 1 rings (SSSR count). The van der Waals surface area contributed by atoms with Gasteiger partial charge >= 0.3 is 0 Å². The third-order valence-electron chi connectivity index (χ3n) is 2.95. The molecule has 0 aliphatic carbocycles. The van der Waals surface area contributed by atoms with Crippen LogP contribution in [0.25, 0.3) is 0 Å². The average Bonchev–Trinajstić information content (AvgIpc) is 2.27. The molecule has 4 nitrogen and oxygen atoms in total. The maximum absolute atomic E-state index is 11.2. The fourth-order valence-corrected chi connectivity index (χ4v) is 1.89. The quantitative estimate of drug-likeness (QED) is 0.718. The Morgan fingerprint density at radius 2 is 2.06 bits per heavy atom. The van der Waals surface area contributed by atoms with Crippen molar-refractivity contribution in [3.8, 4) is 5.88 Å². The summed E-state index contributed by atoms with van der Waals surface area (Å²) in [5, 5.41) is 9.25. The van der Waals surface area contributed by atoms with Crippen LogP contribution < -0.4 is 5.56 Å². The first kappa shape index (κ1) is 13.7. The van der Waals surface area contributed by atoms with Crippen LogP contribution in [-0.4, -0.2) is 15.1 Å². The molecule has 0 aliphatic rings. The van der Waals surface area contributed by atoms with Crippen LogP contribution in [0.4, 0.5) is 0 Å². The van der Waals surface area contributed by atoms with Crippen LogP contribution in [0.15, 0.2) is 10.9 Å². The number of unbranched alkanes of at least 4 members (excludes halogenated alkanes) is 4. The van der Waals surface area contributed by atoms with Crippen LogP contribution in [0.5, 0.6) is 5.88 Å². The molecule has 4 heteroatoms. The minimum absolute atomic E-state index is 0.191. The zero-order chi connectivity index (χ0) is 12.7. The number of aromatic amines is 1. The minimum Gasteiger partial charge on any atom is -0.493 e. The van der Waals surface area contributed by atoms with Gasteiger partial charge < -0.3 is 10.1 Å². The molecule has 0 saturated carbocycles. The van der Waals surface area contributed by atoms with E-state index in [1.165, 1.54) is 25.7 Å². The predicted octanol–water partition coefficient (Wildman–Crippen LogP) is 2.94. The molecule has 0 aromatic carbocycles. The van der Waals surface area contributed by atoms with Gasteiger partial charge in [-0.15, -0.1) is 0 Å². The second-order valence-electron chi connectivity index (χ2n) is 4.59. The maximum Gasteiger partial charge on any atom is 0.254 e. The largest absolute Gasteiger partial charge is 0.493 e. The van der Waals surface area contributed by atoms with Gasteiger partial charge in [0.2, 0.25) is 5.88 Å². The van der Waals surface area contributed by atoms with Crippen molar-refractivity contribution in [2.75, 3.05) is 0 Å². The van der Waals surface area contributed by atoms with E-state index in [9.17, 15) is 9.90 Å². The van der Waals surface area contributed by atoms with Gasteiger partial charge in [0.15, 0.2) is 0 Å². The summed E-state index contributed by atoms with van der Waals surface area (Å²) < 4.78 is 0. The van der Waals surface area contributed by atoms with E-state index < -0.39 is 0 Å². The third kappa shape index (κ3) is 5.02. The number of rotatable bonds is 7. The molecule has 0 spiro atoms. The normalized spacial score (nSPS) is 12.6. The van der Waals surface area contributed by atoms with Crippen LogP contribution in [0, 0.1) is 0 Å². The molecule has 1 aromatic rings. The number of hydrogen-bond donors (Lipinski definition) is 2. The second kappa shape index (κ2) is 7.09. The first-order valence-electron chi connectivity index (χ1n) is 6.43. The lowest BCUT2D eigenvalue weighted by molar-refractivity contribution is 0.442. The molecular formula is C13H22N2O2. The van der Waals surface area contributed by atoms with Gasteiger partial charge in [-0.3, -0.25) is 4.79 Å². The highest BCUT2D eigenvalue weighted by molar-refractivity contribution is 5.08. The van der Waals surface area contributed by atoms with Gasteiger partial charge in [-0.25, -0.2) is 4.98 Å². The molecule has 0 amide bonds. The van der Waals surface area contributed by atoms with Crippen molar-refractivity contribution in [3.05, 3.63) is 22.2 Å². The summed E-state index contributed by atoms with van der Waals surface area (Å²) in [7, 11) is 0. The SMILES string of the molecule is CCCCCCCC(C)c1nc(O)cc(=O)[nH]1. The van der Waals surface area contributed by atoms with Crippen molar-refractivity contribution in [1.82, 2.24) is 9.97 Å². The Hall–Kier alpha value is -1.32. The fourth-order valence-electron chi connectivity index (χ4n) is 1.89. The van der Waals surface area contributed by atoms with E-state index in [0.29, 0.717) is 5.82 Å². The zero-order valence-corrected chi connectivity index (χ0v) is 10.7. The summed E-state index contributed by atoms with van der Waals surface area (Å²) in [6.45, 7) is 4.22. The number of nitrogens with one attached hydrogen (secondary N) is 1. The third-order valence-corrected chi connectivity index (χ3v) is 2.95. The number of aromatic nitrogens is 2. The number of aromatic hydroxyl groups is 1. The van der Waals surface area contributed by atoms with E-state index in [1.807, 2.05) is 6.92 Å². The molecular weight excluding hydrogens is 216 g/mol. The van der Waals surface area contributed by atoms with Crippen LogP contribution in [-0.2, 0) is 0 Å². The Labute approximate surface area is 102 Å². The first-order valence-corrected chi connectivity index (χ1v) is 6.43. The molecule has 1 heterocycles. The summed E-state index contributed by atoms with van der Waals surface area (Å²) in [6.07, 6.45) is 7.16. The lowest BCUT2D eigenvalue weighted by Gasteiger charge is -2.10. The molecule has 2 N–H and O–H groups in total. The second-order valence-corrected chi connectivity index (χ2v) is 4.59. The molecule has 0 fully saturated rings. The summed E-state index contributed by atoms with van der Waals surface area (Å²) in [4.78, 5) is 17.8. The molecule has 96 valence electrons. The summed E-state index contributed by atoms with van der Waals surface area (Å²) >= 11 is 0. The van der Waals surface area contributed by atoms with Crippen molar-refractivity contribution < 1.29 is 5.11 Å². The molecule has 1 atom stereocenters.